The molecule has 0 aliphatic heterocycles. The number of amides is 1. The molecule has 1 saturated carbocycles. The molecule has 1 fully saturated rings. The molecule has 1 aromatic carbocycles. The van der Waals surface area contributed by atoms with Gasteiger partial charge in [0.05, 0.1) is 17.5 Å². The van der Waals surface area contributed by atoms with Crippen molar-refractivity contribution in [3.05, 3.63) is 58.2 Å². The van der Waals surface area contributed by atoms with E-state index < -0.39 is 53.4 Å². The maximum absolute atomic E-state index is 14.0. The largest absolute Gasteiger partial charge is 0.468 e. The van der Waals surface area contributed by atoms with Gasteiger partial charge >= 0.3 is 6.18 Å². The zero-order valence-corrected chi connectivity index (χ0v) is 16.9. The summed E-state index contributed by atoms with van der Waals surface area (Å²) in [5, 5.41) is 13.1. The highest BCUT2D eigenvalue weighted by molar-refractivity contribution is 6.29. The Morgan fingerprint density at radius 3 is 2.42 bits per heavy atom. The monoisotopic (exact) mass is 464 g/mol. The van der Waals surface area contributed by atoms with E-state index >= 15 is 0 Å². The molecule has 1 atom stereocenters. The zero-order chi connectivity index (χ0) is 23.0. The number of ether oxygens (including phenoxy) is 1. The van der Waals surface area contributed by atoms with Crippen LogP contribution in [0.4, 0.5) is 22.0 Å². The van der Waals surface area contributed by atoms with E-state index in [1.165, 1.54) is 12.1 Å². The summed E-state index contributed by atoms with van der Waals surface area (Å²) in [5.41, 5.74) is -3.35. The molecule has 0 spiro atoms. The molecule has 0 bridgehead atoms. The van der Waals surface area contributed by atoms with Crippen molar-refractivity contribution in [2.45, 2.75) is 43.5 Å². The number of hydrogen-bond donors (Lipinski definition) is 2. The molecule has 11 heteroatoms. The average Bonchev–Trinajstić information content (AvgIpc) is 3.38. The van der Waals surface area contributed by atoms with Gasteiger partial charge in [0.15, 0.2) is 6.61 Å². The van der Waals surface area contributed by atoms with Gasteiger partial charge < -0.3 is 15.2 Å². The predicted octanol–water partition coefficient (Wildman–Crippen LogP) is 4.36. The molecule has 0 saturated heterocycles. The molecule has 1 heterocycles. The van der Waals surface area contributed by atoms with Crippen LogP contribution in [0.15, 0.2) is 30.3 Å². The summed E-state index contributed by atoms with van der Waals surface area (Å²) < 4.78 is 69.8. The van der Waals surface area contributed by atoms with E-state index in [0.717, 1.165) is 25.1 Å². The summed E-state index contributed by atoms with van der Waals surface area (Å²) in [5.74, 6) is -3.06. The highest BCUT2D eigenvalue weighted by Gasteiger charge is 2.47. The van der Waals surface area contributed by atoms with Crippen LogP contribution in [0.1, 0.15) is 37.3 Å². The summed E-state index contributed by atoms with van der Waals surface area (Å²) >= 11 is 5.88. The molecule has 1 aliphatic rings. The Bertz CT molecular complexity index is 973. The first-order valence-electron chi connectivity index (χ1n) is 9.17. The minimum Gasteiger partial charge on any atom is -0.468 e. The average molecular weight is 465 g/mol. The van der Waals surface area contributed by atoms with Crippen LogP contribution < -0.4 is 10.1 Å². The number of nitrogens with one attached hydrogen (secondary N) is 1. The molecule has 1 aromatic heterocycles. The van der Waals surface area contributed by atoms with Crippen LogP contribution in [-0.4, -0.2) is 28.8 Å². The number of halogens is 6. The first-order chi connectivity index (χ1) is 14.3. The van der Waals surface area contributed by atoms with Gasteiger partial charge in [0.1, 0.15) is 22.4 Å². The third kappa shape index (κ3) is 5.62. The lowest BCUT2D eigenvalue weighted by Gasteiger charge is -2.26. The number of benzene rings is 1. The number of rotatable bonds is 7. The minimum atomic E-state index is -4.57. The van der Waals surface area contributed by atoms with Gasteiger partial charge in [0, 0.05) is 6.07 Å². The molecule has 1 aliphatic carbocycles. The van der Waals surface area contributed by atoms with Crippen LogP contribution in [0.25, 0.3) is 0 Å². The third-order valence-electron chi connectivity index (χ3n) is 4.84. The van der Waals surface area contributed by atoms with Crippen molar-refractivity contribution in [1.82, 2.24) is 10.3 Å². The van der Waals surface area contributed by atoms with Crippen molar-refractivity contribution in [3.8, 4) is 5.88 Å². The number of pyridine rings is 1. The van der Waals surface area contributed by atoms with E-state index in [2.05, 4.69) is 15.0 Å². The van der Waals surface area contributed by atoms with E-state index in [4.69, 9.17) is 11.6 Å². The molecule has 3 rings (SSSR count). The molecule has 5 nitrogen and oxygen atoms in total. The Morgan fingerprint density at radius 1 is 1.26 bits per heavy atom. The zero-order valence-electron chi connectivity index (χ0n) is 16.2. The minimum absolute atomic E-state index is 0.129. The Labute approximate surface area is 179 Å². The van der Waals surface area contributed by atoms with Gasteiger partial charge in [-0.2, -0.15) is 13.2 Å². The van der Waals surface area contributed by atoms with Gasteiger partial charge in [-0.3, -0.25) is 4.79 Å². The Hall–Kier alpha value is -2.46. The number of carbonyl (C=O) groups excluding carboxylic acids is 1. The maximum Gasteiger partial charge on any atom is 0.422 e. The first kappa shape index (κ1) is 23.2. The molecule has 2 N–H and O–H groups in total. The second-order valence-electron chi connectivity index (χ2n) is 7.60. The standard InChI is InChI=1S/C20H18ClF5N2O3/c1-18(30,17-12(22)3-2-4-13(17)23)9-15(29)28-19(5-6-19)11-7-14(21)27-16(8-11)31-10-20(24,25)26/h2-4,7-8,30H,5-6,9-10H2,1H3,(H,28,29). The van der Waals surface area contributed by atoms with Gasteiger partial charge in [-0.05, 0) is 43.5 Å². The van der Waals surface area contributed by atoms with Gasteiger partial charge in [-0.15, -0.1) is 0 Å². The van der Waals surface area contributed by atoms with Crippen LogP contribution in [0.5, 0.6) is 5.88 Å². The quantitative estimate of drug-likeness (QED) is 0.472. The van der Waals surface area contributed by atoms with Crippen LogP contribution >= 0.6 is 11.6 Å². The maximum atomic E-state index is 14.0. The lowest BCUT2D eigenvalue weighted by molar-refractivity contribution is -0.154. The van der Waals surface area contributed by atoms with Gasteiger partial charge in [-0.25, -0.2) is 13.8 Å². The lowest BCUT2D eigenvalue weighted by Crippen LogP contribution is -2.39. The fourth-order valence-electron chi connectivity index (χ4n) is 3.31. The van der Waals surface area contributed by atoms with E-state index in [-0.39, 0.29) is 11.0 Å². The topological polar surface area (TPSA) is 71.5 Å². The highest BCUT2D eigenvalue weighted by atomic mass is 35.5. The van der Waals surface area contributed by atoms with Crippen molar-refractivity contribution < 1.29 is 36.6 Å². The van der Waals surface area contributed by atoms with Crippen molar-refractivity contribution >= 4 is 17.5 Å². The second kappa shape index (κ2) is 8.23. The molecular formula is C20H18ClF5N2O3. The number of carbonyl (C=O) groups is 1. The number of aromatic nitrogens is 1. The number of nitrogens with zero attached hydrogens (tertiary/aromatic N) is 1. The molecule has 0 radical (unpaired) electrons. The van der Waals surface area contributed by atoms with E-state index in [9.17, 15) is 31.9 Å². The van der Waals surface area contributed by atoms with Gasteiger partial charge in [0.25, 0.3) is 0 Å². The van der Waals surface area contributed by atoms with Crippen LogP contribution in [0, 0.1) is 11.6 Å². The summed E-state index contributed by atoms with van der Waals surface area (Å²) in [6, 6.07) is 5.68. The number of alkyl halides is 3. The third-order valence-corrected chi connectivity index (χ3v) is 5.04. The number of aliphatic hydroxyl groups is 1. The van der Waals surface area contributed by atoms with E-state index in [1.54, 1.807) is 0 Å². The molecule has 1 amide bonds. The normalized spacial score (nSPS) is 17.0. The smallest absolute Gasteiger partial charge is 0.422 e. The lowest BCUT2D eigenvalue weighted by atomic mass is 9.90. The molecule has 2 aromatic rings. The SMILES string of the molecule is CC(O)(CC(=O)NC1(c2cc(Cl)nc(OCC(F)(F)F)c2)CC1)c1c(F)cccc1F. The fraction of sp³-hybridized carbons (Fsp3) is 0.400. The van der Waals surface area contributed by atoms with Crippen LogP contribution in [0.3, 0.4) is 0 Å². The van der Waals surface area contributed by atoms with Gasteiger partial charge in [0.2, 0.25) is 11.8 Å². The van der Waals surface area contributed by atoms with Crippen molar-refractivity contribution in [2.24, 2.45) is 0 Å². The van der Waals surface area contributed by atoms with Crippen molar-refractivity contribution in [3.63, 3.8) is 0 Å². The second-order valence-corrected chi connectivity index (χ2v) is 7.99. The summed E-state index contributed by atoms with van der Waals surface area (Å²) in [6.07, 6.45) is -4.34. The van der Waals surface area contributed by atoms with Crippen molar-refractivity contribution in [2.75, 3.05) is 6.61 Å². The Morgan fingerprint density at radius 2 is 1.87 bits per heavy atom. The van der Waals surface area contributed by atoms with Crippen LogP contribution in [0.2, 0.25) is 5.15 Å². The predicted molar refractivity (Wildman–Crippen MR) is 100 cm³/mol. The highest BCUT2D eigenvalue weighted by Crippen LogP contribution is 2.47. The summed E-state index contributed by atoms with van der Waals surface area (Å²) in [7, 11) is 0. The van der Waals surface area contributed by atoms with Crippen LogP contribution in [-0.2, 0) is 15.9 Å². The summed E-state index contributed by atoms with van der Waals surface area (Å²) in [4.78, 5) is 16.2. The molecule has 31 heavy (non-hydrogen) atoms. The van der Waals surface area contributed by atoms with Crippen molar-refractivity contribution in [1.29, 1.82) is 0 Å². The Balaban J connectivity index is 1.75. The van der Waals surface area contributed by atoms with Gasteiger partial charge in [-0.1, -0.05) is 17.7 Å². The fourth-order valence-corrected chi connectivity index (χ4v) is 3.51. The molecule has 1 unspecified atom stereocenters. The van der Waals surface area contributed by atoms with E-state index in [1.807, 2.05) is 0 Å². The molecular weight excluding hydrogens is 447 g/mol. The molecule has 168 valence electrons. The van der Waals surface area contributed by atoms with E-state index in [0.29, 0.717) is 18.4 Å². The Kier molecular flexibility index (Phi) is 6.16. The summed E-state index contributed by atoms with van der Waals surface area (Å²) in [6.45, 7) is -0.448. The number of hydrogen-bond acceptors (Lipinski definition) is 4. The first-order valence-corrected chi connectivity index (χ1v) is 9.55.